The molecule has 0 aliphatic carbocycles. The van der Waals surface area contributed by atoms with Gasteiger partial charge in [0.2, 0.25) is 0 Å². The number of benzene rings is 2. The molecule has 0 unspecified atom stereocenters. The van der Waals surface area contributed by atoms with Crippen molar-refractivity contribution in [1.29, 1.82) is 0 Å². The van der Waals surface area contributed by atoms with Gasteiger partial charge in [0.25, 0.3) is 0 Å². The summed E-state index contributed by atoms with van der Waals surface area (Å²) in [7, 11) is 0. The molecule has 0 aliphatic rings. The second-order valence-electron chi connectivity index (χ2n) is 9.88. The molecule has 0 bridgehead atoms. The molecule has 0 amide bonds. The van der Waals surface area contributed by atoms with Crippen LogP contribution in [-0.2, 0) is 6.54 Å². The van der Waals surface area contributed by atoms with Gasteiger partial charge in [-0.3, -0.25) is 0 Å². The maximum atomic E-state index is 10.9. The average Bonchev–Trinajstić information content (AvgIpc) is 2.84. The van der Waals surface area contributed by atoms with E-state index in [0.717, 1.165) is 30.9 Å². The second kappa shape index (κ2) is 8.62. The van der Waals surface area contributed by atoms with E-state index in [1.54, 1.807) is 0 Å². The van der Waals surface area contributed by atoms with E-state index in [0.29, 0.717) is 13.1 Å². The van der Waals surface area contributed by atoms with Crippen molar-refractivity contribution in [3.63, 3.8) is 0 Å². The third kappa shape index (κ3) is 5.65. The summed E-state index contributed by atoms with van der Waals surface area (Å²) in [6.07, 6.45) is 0.655. The van der Waals surface area contributed by atoms with Crippen LogP contribution in [0.3, 0.4) is 0 Å². The first-order valence-electron chi connectivity index (χ1n) is 9.95. The molecule has 2 aromatic carbocycles. The Balaban J connectivity index is 1.91. The van der Waals surface area contributed by atoms with Crippen LogP contribution in [0.25, 0.3) is 21.8 Å². The monoisotopic (exact) mass is 587 g/mol. The summed E-state index contributed by atoms with van der Waals surface area (Å²) in [5, 5.41) is 15.6. The number of nitrogens with zero attached hydrogens (tertiary/aromatic N) is 1. The lowest BCUT2D eigenvalue weighted by molar-refractivity contribution is -0.727. The topological polar surface area (TPSA) is 41.8 Å². The summed E-state index contributed by atoms with van der Waals surface area (Å²) in [5.41, 5.74) is 2.61. The molecular formula is C23H30Br3N2O+. The van der Waals surface area contributed by atoms with Crippen molar-refractivity contribution in [1.82, 2.24) is 4.57 Å². The van der Waals surface area contributed by atoms with Crippen LogP contribution in [0.4, 0.5) is 0 Å². The van der Waals surface area contributed by atoms with Crippen LogP contribution < -0.4 is 5.32 Å². The highest BCUT2D eigenvalue weighted by atomic mass is 79.9. The molecule has 1 atom stereocenters. The molecule has 0 fully saturated rings. The Morgan fingerprint density at radius 3 is 2.28 bits per heavy atom. The number of aliphatic hydroxyl groups excluding tert-OH is 1. The molecule has 0 saturated heterocycles. The Bertz CT molecular complexity index is 1030. The number of quaternary nitrogens is 1. The first kappa shape index (κ1) is 23.3. The molecule has 3 rings (SSSR count). The maximum absolute atomic E-state index is 10.9. The SMILES string of the molecule is CC(C)(C)CC(C)(C)[NH2+]C[C@H](O)Cn1c2ccc(Br)cc2c2cc(Br)cc(Br)c21. The first-order valence-corrected chi connectivity index (χ1v) is 12.3. The van der Waals surface area contributed by atoms with E-state index in [1.807, 2.05) is 0 Å². The van der Waals surface area contributed by atoms with Crippen molar-refractivity contribution < 1.29 is 10.4 Å². The largest absolute Gasteiger partial charge is 0.385 e. The number of hydrogen-bond donors (Lipinski definition) is 2. The van der Waals surface area contributed by atoms with Crippen molar-refractivity contribution in [2.45, 2.75) is 59.2 Å². The predicted molar refractivity (Wildman–Crippen MR) is 133 cm³/mol. The molecule has 29 heavy (non-hydrogen) atoms. The Hall–Kier alpha value is -0.400. The highest BCUT2D eigenvalue weighted by molar-refractivity contribution is 9.11. The van der Waals surface area contributed by atoms with E-state index >= 15 is 0 Å². The second-order valence-corrected chi connectivity index (χ2v) is 12.6. The number of halogens is 3. The molecule has 158 valence electrons. The van der Waals surface area contributed by atoms with Gasteiger partial charge in [-0.05, 0) is 65.5 Å². The fourth-order valence-electron chi connectivity index (χ4n) is 4.49. The summed E-state index contributed by atoms with van der Waals surface area (Å²) < 4.78 is 5.35. The average molecular weight is 590 g/mol. The van der Waals surface area contributed by atoms with Gasteiger partial charge in [0.15, 0.2) is 0 Å². The van der Waals surface area contributed by atoms with Crippen LogP contribution in [0.1, 0.15) is 41.0 Å². The van der Waals surface area contributed by atoms with Crippen molar-refractivity contribution >= 4 is 69.6 Å². The van der Waals surface area contributed by atoms with Gasteiger partial charge in [-0.15, -0.1) is 0 Å². The number of hydrogen-bond acceptors (Lipinski definition) is 1. The van der Waals surface area contributed by atoms with Gasteiger partial charge in [0, 0.05) is 36.1 Å². The van der Waals surface area contributed by atoms with Gasteiger partial charge < -0.3 is 15.0 Å². The van der Waals surface area contributed by atoms with E-state index in [4.69, 9.17) is 0 Å². The summed E-state index contributed by atoms with van der Waals surface area (Å²) in [5.74, 6) is 0. The third-order valence-corrected chi connectivity index (χ3v) is 6.72. The minimum Gasteiger partial charge on any atom is -0.385 e. The number of nitrogens with two attached hydrogens (primary N) is 1. The van der Waals surface area contributed by atoms with Crippen LogP contribution in [-0.4, -0.2) is 27.9 Å². The van der Waals surface area contributed by atoms with Crippen molar-refractivity contribution in [3.8, 4) is 0 Å². The highest BCUT2D eigenvalue weighted by Gasteiger charge is 2.29. The molecule has 3 aromatic rings. The van der Waals surface area contributed by atoms with Gasteiger partial charge in [-0.2, -0.15) is 0 Å². The van der Waals surface area contributed by atoms with Crippen molar-refractivity contribution in [3.05, 3.63) is 43.7 Å². The van der Waals surface area contributed by atoms with E-state index in [2.05, 4.69) is 123 Å². The Labute approximate surface area is 198 Å². The zero-order valence-corrected chi connectivity index (χ0v) is 22.4. The van der Waals surface area contributed by atoms with Crippen LogP contribution in [0.15, 0.2) is 43.7 Å². The lowest BCUT2D eigenvalue weighted by Crippen LogP contribution is -2.97. The molecular weight excluding hydrogens is 560 g/mol. The summed E-state index contributed by atoms with van der Waals surface area (Å²) in [6.45, 7) is 12.6. The molecule has 0 saturated carbocycles. The highest BCUT2D eigenvalue weighted by Crippen LogP contribution is 2.37. The Morgan fingerprint density at radius 1 is 0.966 bits per heavy atom. The zero-order valence-electron chi connectivity index (χ0n) is 17.7. The van der Waals surface area contributed by atoms with E-state index in [-0.39, 0.29) is 11.0 Å². The standard InChI is InChI=1S/C23H29Br3N2O/c1-22(2,3)13-23(4,5)27-11-16(29)12-28-20-7-6-14(24)8-17(20)18-9-15(25)10-19(26)21(18)28/h6-10,16,27,29H,11-13H2,1-5H3/p+1/t16-/m0/s1. The first-order chi connectivity index (χ1) is 13.4. The minimum atomic E-state index is -0.438. The van der Waals surface area contributed by atoms with E-state index < -0.39 is 6.10 Å². The predicted octanol–water partition coefficient (Wildman–Crippen LogP) is 6.22. The summed E-state index contributed by atoms with van der Waals surface area (Å²) in [6, 6.07) is 10.6. The number of aliphatic hydroxyl groups is 1. The van der Waals surface area contributed by atoms with Crippen molar-refractivity contribution in [2.24, 2.45) is 5.41 Å². The van der Waals surface area contributed by atoms with Crippen LogP contribution in [0.2, 0.25) is 0 Å². The smallest absolute Gasteiger partial charge is 0.121 e. The zero-order chi connectivity index (χ0) is 21.6. The molecule has 0 aliphatic heterocycles. The quantitative estimate of drug-likeness (QED) is 0.352. The van der Waals surface area contributed by atoms with Gasteiger partial charge >= 0.3 is 0 Å². The lowest BCUT2D eigenvalue weighted by Gasteiger charge is -2.31. The molecule has 1 aromatic heterocycles. The molecule has 6 heteroatoms. The van der Waals surface area contributed by atoms with Gasteiger partial charge in [-0.1, -0.05) is 52.6 Å². The fraction of sp³-hybridized carbons (Fsp3) is 0.478. The normalized spacial score (nSPS) is 14.1. The van der Waals surface area contributed by atoms with Crippen LogP contribution in [0, 0.1) is 5.41 Å². The van der Waals surface area contributed by atoms with Crippen LogP contribution in [0.5, 0.6) is 0 Å². The van der Waals surface area contributed by atoms with Gasteiger partial charge in [0.1, 0.15) is 12.6 Å². The fourth-order valence-corrected chi connectivity index (χ4v) is 6.29. The van der Waals surface area contributed by atoms with Crippen molar-refractivity contribution in [2.75, 3.05) is 6.54 Å². The minimum absolute atomic E-state index is 0.0936. The van der Waals surface area contributed by atoms with E-state index in [1.165, 1.54) is 10.8 Å². The van der Waals surface area contributed by atoms with E-state index in [9.17, 15) is 5.11 Å². The number of rotatable bonds is 6. The lowest BCUT2D eigenvalue weighted by atomic mass is 9.82. The molecule has 0 spiro atoms. The molecule has 3 N–H and O–H groups in total. The Kier molecular flexibility index (Phi) is 6.92. The Morgan fingerprint density at radius 2 is 1.62 bits per heavy atom. The summed E-state index contributed by atoms with van der Waals surface area (Å²) in [4.78, 5) is 0. The molecule has 0 radical (unpaired) electrons. The van der Waals surface area contributed by atoms with Crippen LogP contribution >= 0.6 is 47.8 Å². The number of aromatic nitrogens is 1. The summed E-state index contributed by atoms with van der Waals surface area (Å²) >= 11 is 10.9. The molecule has 3 nitrogen and oxygen atoms in total. The van der Waals surface area contributed by atoms with Gasteiger partial charge in [-0.25, -0.2) is 0 Å². The molecule has 1 heterocycles. The maximum Gasteiger partial charge on any atom is 0.121 e. The number of fused-ring (bicyclic) bond motifs is 3. The van der Waals surface area contributed by atoms with Gasteiger partial charge in [0.05, 0.1) is 17.6 Å². The third-order valence-electron chi connectivity index (χ3n) is 5.16.